The fourth-order valence-corrected chi connectivity index (χ4v) is 6.81. The number of sulfonamides is 1. The van der Waals surface area contributed by atoms with Crippen molar-refractivity contribution in [2.45, 2.75) is 57.9 Å². The summed E-state index contributed by atoms with van der Waals surface area (Å²) in [7, 11) is -3.68. The van der Waals surface area contributed by atoms with Crippen LogP contribution in [0.5, 0.6) is 0 Å². The van der Waals surface area contributed by atoms with Gasteiger partial charge in [0.05, 0.1) is 40.5 Å². The Bertz CT molecular complexity index is 1510. The standard InChI is InChI=1S/C28H35N5O4S/c1-27(2)10-15-33-22-5-3-4-21(24(22)30-26(27)33)29-25(35)20-7-6-19(31-38(36,37)17-16-34)18-23(20)32-13-11-28(8-9-28)12-14-32/h3-7,18,31,34H,8-17H2,1-2H3,(H,29,35). The fraction of sp³-hybridized carbons (Fsp3) is 0.500. The minimum atomic E-state index is -3.68. The predicted molar refractivity (Wildman–Crippen MR) is 149 cm³/mol. The average Bonchev–Trinajstić information content (AvgIpc) is 3.39. The fourth-order valence-electron chi connectivity index (χ4n) is 5.98. The van der Waals surface area contributed by atoms with Crippen molar-refractivity contribution in [1.29, 1.82) is 0 Å². The molecule has 2 aromatic carbocycles. The van der Waals surface area contributed by atoms with Crippen LogP contribution >= 0.6 is 0 Å². The van der Waals surface area contributed by atoms with E-state index >= 15 is 0 Å². The van der Waals surface area contributed by atoms with Crippen molar-refractivity contribution in [3.63, 3.8) is 0 Å². The SMILES string of the molecule is CC1(C)CCn2c1nc1c(NC(=O)c3ccc(NS(=O)(=O)CCO)cc3N3CCC4(CC3)CC4)cccc12. The van der Waals surface area contributed by atoms with E-state index < -0.39 is 16.6 Å². The molecule has 6 rings (SSSR count). The first-order valence-corrected chi connectivity index (χ1v) is 15.1. The summed E-state index contributed by atoms with van der Waals surface area (Å²) in [5.41, 5.74) is 4.50. The molecule has 0 unspecified atom stereocenters. The summed E-state index contributed by atoms with van der Waals surface area (Å²) in [6.07, 6.45) is 5.72. The summed E-state index contributed by atoms with van der Waals surface area (Å²) in [5, 5.41) is 12.2. The van der Waals surface area contributed by atoms with Gasteiger partial charge in [-0.25, -0.2) is 13.4 Å². The molecule has 10 heteroatoms. The molecule has 3 aromatic rings. The number of carbonyl (C=O) groups is 1. The van der Waals surface area contributed by atoms with Gasteiger partial charge in [-0.2, -0.15) is 0 Å². The number of fused-ring (bicyclic) bond motifs is 3. The van der Waals surface area contributed by atoms with E-state index in [1.165, 1.54) is 12.8 Å². The van der Waals surface area contributed by atoms with Crippen LogP contribution in [0.15, 0.2) is 36.4 Å². The quantitative estimate of drug-likeness (QED) is 0.418. The molecule has 1 aromatic heterocycles. The van der Waals surface area contributed by atoms with Gasteiger partial charge in [-0.1, -0.05) is 19.9 Å². The molecule has 0 atom stereocenters. The van der Waals surface area contributed by atoms with Gasteiger partial charge in [-0.3, -0.25) is 9.52 Å². The number of nitrogens with one attached hydrogen (secondary N) is 2. The van der Waals surface area contributed by atoms with Crippen molar-refractivity contribution in [3.05, 3.63) is 47.8 Å². The summed E-state index contributed by atoms with van der Waals surface area (Å²) in [4.78, 5) is 20.9. The highest BCUT2D eigenvalue weighted by atomic mass is 32.2. The maximum absolute atomic E-state index is 13.7. The zero-order valence-corrected chi connectivity index (χ0v) is 22.8. The maximum atomic E-state index is 13.7. The first kappa shape index (κ1) is 25.2. The molecule has 2 fully saturated rings. The number of aromatic nitrogens is 2. The second kappa shape index (κ2) is 8.98. The van der Waals surface area contributed by atoms with E-state index in [2.05, 4.69) is 33.4 Å². The van der Waals surface area contributed by atoms with Crippen molar-refractivity contribution in [2.24, 2.45) is 5.41 Å². The molecule has 2 aliphatic heterocycles. The highest BCUT2D eigenvalue weighted by molar-refractivity contribution is 7.92. The number of imidazole rings is 1. The van der Waals surface area contributed by atoms with Crippen LogP contribution in [0.3, 0.4) is 0 Å². The summed E-state index contributed by atoms with van der Waals surface area (Å²) in [6, 6.07) is 10.9. The number of hydrogen-bond donors (Lipinski definition) is 3. The van der Waals surface area contributed by atoms with Crippen LogP contribution in [-0.2, 0) is 22.0 Å². The van der Waals surface area contributed by atoms with E-state index in [9.17, 15) is 13.2 Å². The summed E-state index contributed by atoms with van der Waals surface area (Å²) in [6.45, 7) is 6.49. The molecule has 3 aliphatic rings. The van der Waals surface area contributed by atoms with Crippen LogP contribution in [0, 0.1) is 5.41 Å². The number of piperidine rings is 1. The molecular formula is C28H35N5O4S. The number of nitrogens with zero attached hydrogens (tertiary/aromatic N) is 3. The lowest BCUT2D eigenvalue weighted by atomic mass is 9.91. The van der Waals surface area contributed by atoms with Crippen molar-refractivity contribution >= 4 is 44.0 Å². The van der Waals surface area contributed by atoms with Gasteiger partial charge in [-0.05, 0) is 67.9 Å². The summed E-state index contributed by atoms with van der Waals surface area (Å²) in [5.74, 6) is 0.403. The third kappa shape index (κ3) is 4.53. The third-order valence-corrected chi connectivity index (χ3v) is 9.86. The zero-order valence-electron chi connectivity index (χ0n) is 22.0. The Morgan fingerprint density at radius 1 is 1.05 bits per heavy atom. The number of aryl methyl sites for hydroxylation is 1. The Morgan fingerprint density at radius 3 is 2.53 bits per heavy atom. The van der Waals surface area contributed by atoms with Crippen LogP contribution in [0.25, 0.3) is 11.0 Å². The van der Waals surface area contributed by atoms with Gasteiger partial charge < -0.3 is 19.9 Å². The van der Waals surface area contributed by atoms with Gasteiger partial charge in [0.2, 0.25) is 10.0 Å². The van der Waals surface area contributed by atoms with Gasteiger partial charge in [0.15, 0.2) is 0 Å². The second-order valence-electron chi connectivity index (χ2n) is 11.7. The Kier molecular flexibility index (Phi) is 5.95. The lowest BCUT2D eigenvalue weighted by Crippen LogP contribution is -2.35. The van der Waals surface area contributed by atoms with Crippen LogP contribution in [0.4, 0.5) is 17.1 Å². The molecule has 202 valence electrons. The zero-order chi connectivity index (χ0) is 26.7. The molecular weight excluding hydrogens is 502 g/mol. The van der Waals surface area contributed by atoms with E-state index in [0.717, 1.165) is 55.8 Å². The Labute approximate surface area is 223 Å². The molecule has 1 aliphatic carbocycles. The largest absolute Gasteiger partial charge is 0.395 e. The third-order valence-electron chi connectivity index (χ3n) is 8.59. The van der Waals surface area contributed by atoms with Crippen LogP contribution in [-0.4, -0.2) is 54.4 Å². The highest BCUT2D eigenvalue weighted by Crippen LogP contribution is 2.54. The molecule has 1 spiro atoms. The Morgan fingerprint density at radius 2 is 1.82 bits per heavy atom. The number of para-hydroxylation sites is 1. The van der Waals surface area contributed by atoms with Crippen LogP contribution in [0.1, 0.15) is 62.1 Å². The Balaban J connectivity index is 1.33. The number of rotatable bonds is 7. The molecule has 0 bridgehead atoms. The number of carbonyl (C=O) groups excluding carboxylic acids is 1. The second-order valence-corrected chi connectivity index (χ2v) is 13.6. The van der Waals surface area contributed by atoms with E-state index in [1.807, 2.05) is 18.2 Å². The van der Waals surface area contributed by atoms with Gasteiger partial charge in [-0.15, -0.1) is 0 Å². The topological polar surface area (TPSA) is 117 Å². The predicted octanol–water partition coefficient (Wildman–Crippen LogP) is 4.08. The molecule has 1 saturated carbocycles. The molecule has 38 heavy (non-hydrogen) atoms. The first-order chi connectivity index (χ1) is 18.1. The number of aliphatic hydroxyl groups excluding tert-OH is 1. The van der Waals surface area contributed by atoms with Crippen LogP contribution in [0.2, 0.25) is 0 Å². The van der Waals surface area contributed by atoms with Gasteiger partial charge in [0.1, 0.15) is 11.3 Å². The lowest BCUT2D eigenvalue weighted by molar-refractivity contribution is 0.102. The number of aliphatic hydroxyl groups is 1. The molecule has 3 heterocycles. The summed E-state index contributed by atoms with van der Waals surface area (Å²) < 4.78 is 29.4. The minimum Gasteiger partial charge on any atom is -0.395 e. The van der Waals surface area contributed by atoms with Gasteiger partial charge >= 0.3 is 0 Å². The maximum Gasteiger partial charge on any atom is 0.257 e. The summed E-state index contributed by atoms with van der Waals surface area (Å²) >= 11 is 0. The average molecular weight is 538 g/mol. The van der Waals surface area contributed by atoms with E-state index in [0.29, 0.717) is 28.0 Å². The van der Waals surface area contributed by atoms with Gasteiger partial charge in [0, 0.05) is 25.0 Å². The van der Waals surface area contributed by atoms with Crippen molar-refractivity contribution < 1.29 is 18.3 Å². The number of benzene rings is 2. The van der Waals surface area contributed by atoms with Crippen molar-refractivity contribution in [1.82, 2.24) is 9.55 Å². The normalized spacial score (nSPS) is 19.5. The monoisotopic (exact) mass is 537 g/mol. The highest BCUT2D eigenvalue weighted by Gasteiger charge is 2.44. The van der Waals surface area contributed by atoms with Gasteiger partial charge in [0.25, 0.3) is 5.91 Å². The minimum absolute atomic E-state index is 0.0140. The smallest absolute Gasteiger partial charge is 0.257 e. The first-order valence-electron chi connectivity index (χ1n) is 13.4. The molecule has 1 amide bonds. The van der Waals surface area contributed by atoms with E-state index in [4.69, 9.17) is 10.1 Å². The lowest BCUT2D eigenvalue weighted by Gasteiger charge is -2.35. The molecule has 9 nitrogen and oxygen atoms in total. The molecule has 3 N–H and O–H groups in total. The molecule has 0 radical (unpaired) electrons. The van der Waals surface area contributed by atoms with E-state index in [-0.39, 0.29) is 17.1 Å². The Hall–Kier alpha value is -3.11. The van der Waals surface area contributed by atoms with Crippen molar-refractivity contribution in [3.8, 4) is 0 Å². The van der Waals surface area contributed by atoms with Crippen LogP contribution < -0.4 is 14.9 Å². The number of amides is 1. The number of anilines is 3. The van der Waals surface area contributed by atoms with Crippen molar-refractivity contribution in [2.75, 3.05) is 40.4 Å². The number of hydrogen-bond acceptors (Lipinski definition) is 6. The molecule has 1 saturated heterocycles. The van der Waals surface area contributed by atoms with E-state index in [1.54, 1.807) is 18.2 Å².